The largest absolute Gasteiger partial charge is 0.394 e. The SMILES string of the molecule is CCCCCCCCC/C=C/C(O)C(CO)NC(=O)CCCCCCCCCCCCCCCCCCCCCCCCCCC/C=C\CCCCCCCCCC. The number of hydrogen-bond acceptors (Lipinski definition) is 3. The van der Waals surface area contributed by atoms with Gasteiger partial charge in [0.05, 0.1) is 18.8 Å². The maximum absolute atomic E-state index is 12.4. The Morgan fingerprint density at radius 1 is 0.397 bits per heavy atom. The van der Waals surface area contributed by atoms with Gasteiger partial charge in [-0.15, -0.1) is 0 Å². The molecule has 0 aromatic rings. The minimum absolute atomic E-state index is 0.0614. The number of allylic oxidation sites excluding steroid dienone is 3. The molecule has 3 N–H and O–H groups in total. The van der Waals surface area contributed by atoms with E-state index in [9.17, 15) is 15.0 Å². The highest BCUT2D eigenvalue weighted by Crippen LogP contribution is 2.17. The van der Waals surface area contributed by atoms with E-state index in [0.717, 1.165) is 25.7 Å². The van der Waals surface area contributed by atoms with Crippen molar-refractivity contribution < 1.29 is 15.0 Å². The Morgan fingerprint density at radius 3 is 0.948 bits per heavy atom. The first kappa shape index (κ1) is 56.9. The molecule has 0 bridgehead atoms. The lowest BCUT2D eigenvalue weighted by Gasteiger charge is -2.20. The summed E-state index contributed by atoms with van der Waals surface area (Å²) in [6, 6.07) is -0.616. The van der Waals surface area contributed by atoms with Crippen molar-refractivity contribution in [1.29, 1.82) is 0 Å². The molecular weight excluding hydrogens is 711 g/mol. The minimum atomic E-state index is -0.833. The summed E-state index contributed by atoms with van der Waals surface area (Å²) in [7, 11) is 0. The number of carbonyl (C=O) groups excluding carboxylic acids is 1. The lowest BCUT2D eigenvalue weighted by molar-refractivity contribution is -0.123. The first-order valence-electron chi connectivity index (χ1n) is 26.6. The summed E-state index contributed by atoms with van der Waals surface area (Å²) in [5, 5.41) is 22.9. The van der Waals surface area contributed by atoms with Crippen molar-refractivity contribution in [3.05, 3.63) is 24.3 Å². The van der Waals surface area contributed by atoms with Crippen molar-refractivity contribution in [3.8, 4) is 0 Å². The average molecular weight is 816 g/mol. The van der Waals surface area contributed by atoms with E-state index in [0.29, 0.717) is 6.42 Å². The molecule has 2 atom stereocenters. The number of aliphatic hydroxyl groups is 2. The van der Waals surface area contributed by atoms with Crippen LogP contribution in [0.2, 0.25) is 0 Å². The molecule has 0 spiro atoms. The third kappa shape index (κ3) is 45.9. The van der Waals surface area contributed by atoms with E-state index in [4.69, 9.17) is 0 Å². The molecule has 0 aromatic carbocycles. The van der Waals surface area contributed by atoms with Crippen LogP contribution in [-0.2, 0) is 4.79 Å². The number of rotatable bonds is 49. The van der Waals surface area contributed by atoms with Gasteiger partial charge in [0.1, 0.15) is 0 Å². The molecule has 0 saturated heterocycles. The molecule has 4 nitrogen and oxygen atoms in total. The molecule has 0 saturated carbocycles. The summed E-state index contributed by atoms with van der Waals surface area (Å²) in [6.45, 7) is 4.30. The van der Waals surface area contributed by atoms with Gasteiger partial charge in [-0.3, -0.25) is 4.79 Å². The highest BCUT2D eigenvalue weighted by Gasteiger charge is 2.18. The molecule has 2 unspecified atom stereocenters. The van der Waals surface area contributed by atoms with Crippen LogP contribution < -0.4 is 5.32 Å². The quantitative estimate of drug-likeness (QED) is 0.0423. The highest BCUT2D eigenvalue weighted by atomic mass is 16.3. The van der Waals surface area contributed by atoms with Crippen LogP contribution in [0.15, 0.2) is 24.3 Å². The summed E-state index contributed by atoms with van der Waals surface area (Å²) in [6.07, 6.45) is 66.4. The molecule has 1 amide bonds. The van der Waals surface area contributed by atoms with Crippen LogP contribution in [0, 0.1) is 0 Å². The fourth-order valence-corrected chi connectivity index (χ4v) is 8.35. The lowest BCUT2D eigenvalue weighted by Crippen LogP contribution is -2.45. The third-order valence-electron chi connectivity index (χ3n) is 12.4. The van der Waals surface area contributed by atoms with Gasteiger partial charge in [-0.1, -0.05) is 269 Å². The van der Waals surface area contributed by atoms with E-state index in [1.54, 1.807) is 6.08 Å². The van der Waals surface area contributed by atoms with E-state index in [1.807, 2.05) is 6.08 Å². The molecule has 4 heteroatoms. The Labute approximate surface area is 364 Å². The Bertz CT molecular complexity index is 840. The number of nitrogens with one attached hydrogen (secondary N) is 1. The van der Waals surface area contributed by atoms with E-state index in [2.05, 4.69) is 31.3 Å². The maximum atomic E-state index is 12.4. The molecule has 0 rings (SSSR count). The fraction of sp³-hybridized carbons (Fsp3) is 0.907. The van der Waals surface area contributed by atoms with Gasteiger partial charge < -0.3 is 15.5 Å². The molecule has 58 heavy (non-hydrogen) atoms. The van der Waals surface area contributed by atoms with Gasteiger partial charge in [-0.2, -0.15) is 0 Å². The number of hydrogen-bond donors (Lipinski definition) is 3. The third-order valence-corrected chi connectivity index (χ3v) is 12.4. The van der Waals surface area contributed by atoms with Gasteiger partial charge >= 0.3 is 0 Å². The van der Waals surface area contributed by atoms with Crippen LogP contribution >= 0.6 is 0 Å². The predicted octanol–water partition coefficient (Wildman–Crippen LogP) is 17.1. The zero-order valence-corrected chi connectivity index (χ0v) is 39.6. The molecule has 0 fully saturated rings. The van der Waals surface area contributed by atoms with Crippen LogP contribution in [0.4, 0.5) is 0 Å². The topological polar surface area (TPSA) is 69.6 Å². The summed E-state index contributed by atoms with van der Waals surface area (Å²) in [4.78, 5) is 12.4. The molecular formula is C54H105NO3. The fourth-order valence-electron chi connectivity index (χ4n) is 8.35. The highest BCUT2D eigenvalue weighted by molar-refractivity contribution is 5.76. The van der Waals surface area contributed by atoms with Crippen molar-refractivity contribution in [2.75, 3.05) is 6.61 Å². The smallest absolute Gasteiger partial charge is 0.220 e. The zero-order valence-electron chi connectivity index (χ0n) is 39.6. The Morgan fingerprint density at radius 2 is 0.655 bits per heavy atom. The van der Waals surface area contributed by atoms with E-state index >= 15 is 0 Å². The summed E-state index contributed by atoms with van der Waals surface area (Å²) in [5.41, 5.74) is 0. The summed E-state index contributed by atoms with van der Waals surface area (Å²) < 4.78 is 0. The van der Waals surface area contributed by atoms with Gasteiger partial charge in [-0.05, 0) is 44.9 Å². The van der Waals surface area contributed by atoms with E-state index in [-0.39, 0.29) is 12.5 Å². The minimum Gasteiger partial charge on any atom is -0.394 e. The van der Waals surface area contributed by atoms with Crippen molar-refractivity contribution in [3.63, 3.8) is 0 Å². The number of amides is 1. The first-order valence-corrected chi connectivity index (χ1v) is 26.6. The average Bonchev–Trinajstić information content (AvgIpc) is 3.23. The Hall–Kier alpha value is -1.13. The molecule has 0 aliphatic rings. The molecule has 0 aliphatic heterocycles. The van der Waals surface area contributed by atoms with Crippen LogP contribution in [0.5, 0.6) is 0 Å². The molecule has 0 heterocycles. The molecule has 0 aromatic heterocycles. The van der Waals surface area contributed by atoms with Crippen LogP contribution in [-0.4, -0.2) is 34.9 Å². The predicted molar refractivity (Wildman–Crippen MR) is 258 cm³/mol. The van der Waals surface area contributed by atoms with E-state index in [1.165, 1.54) is 250 Å². The number of unbranched alkanes of at least 4 members (excludes halogenated alkanes) is 40. The van der Waals surface area contributed by atoms with Crippen LogP contribution in [0.3, 0.4) is 0 Å². The standard InChI is InChI=1S/C54H105NO3/c1-3-5-7-9-11-13-14-15-16-17-18-19-20-21-22-23-24-25-26-27-28-29-30-31-32-33-34-35-36-37-38-39-40-42-44-46-48-50-54(58)55-52(51-56)53(57)49-47-45-43-41-12-10-8-6-4-2/h17-18,47,49,52-53,56-57H,3-16,19-46,48,50-51H2,1-2H3,(H,55,58)/b18-17-,49-47+. The van der Waals surface area contributed by atoms with Gasteiger partial charge in [0.15, 0.2) is 0 Å². The normalized spacial score (nSPS) is 13.0. The monoisotopic (exact) mass is 816 g/mol. The van der Waals surface area contributed by atoms with Crippen molar-refractivity contribution in [2.24, 2.45) is 0 Å². The lowest BCUT2D eigenvalue weighted by atomic mass is 10.0. The Balaban J connectivity index is 3.33. The van der Waals surface area contributed by atoms with Gasteiger partial charge in [-0.25, -0.2) is 0 Å². The molecule has 0 aliphatic carbocycles. The van der Waals surface area contributed by atoms with Gasteiger partial charge in [0, 0.05) is 6.42 Å². The molecule has 0 radical (unpaired) electrons. The second kappa shape index (κ2) is 50.2. The zero-order chi connectivity index (χ0) is 42.1. The van der Waals surface area contributed by atoms with Crippen LogP contribution in [0.25, 0.3) is 0 Å². The van der Waals surface area contributed by atoms with Crippen molar-refractivity contribution in [1.82, 2.24) is 5.32 Å². The second-order valence-corrected chi connectivity index (χ2v) is 18.3. The maximum Gasteiger partial charge on any atom is 0.220 e. The molecule has 344 valence electrons. The first-order chi connectivity index (χ1) is 28.7. The van der Waals surface area contributed by atoms with E-state index < -0.39 is 12.1 Å². The second-order valence-electron chi connectivity index (χ2n) is 18.3. The van der Waals surface area contributed by atoms with Gasteiger partial charge in [0.2, 0.25) is 5.91 Å². The van der Waals surface area contributed by atoms with Crippen molar-refractivity contribution in [2.45, 2.75) is 309 Å². The summed E-state index contributed by atoms with van der Waals surface area (Å²) in [5.74, 6) is -0.0614. The van der Waals surface area contributed by atoms with Crippen LogP contribution in [0.1, 0.15) is 296 Å². The summed E-state index contributed by atoms with van der Waals surface area (Å²) >= 11 is 0. The van der Waals surface area contributed by atoms with Gasteiger partial charge in [0.25, 0.3) is 0 Å². The number of carbonyl (C=O) groups is 1. The number of aliphatic hydroxyl groups excluding tert-OH is 2. The Kier molecular flexibility index (Phi) is 49.2. The van der Waals surface area contributed by atoms with Crippen molar-refractivity contribution >= 4 is 5.91 Å².